The molecule has 7 nitrogen and oxygen atoms in total. The third kappa shape index (κ3) is 4.63. The van der Waals surface area contributed by atoms with Crippen molar-refractivity contribution in [2.75, 3.05) is 39.8 Å². The molecule has 174 valence electrons. The van der Waals surface area contributed by atoms with Crippen LogP contribution in [0.2, 0.25) is 0 Å². The van der Waals surface area contributed by atoms with Crippen molar-refractivity contribution in [3.05, 3.63) is 52.6 Å². The molecule has 0 amide bonds. The molecule has 1 aliphatic carbocycles. The second-order valence-corrected chi connectivity index (χ2v) is 9.29. The summed E-state index contributed by atoms with van der Waals surface area (Å²) in [6, 6.07) is 7.34. The van der Waals surface area contributed by atoms with Crippen LogP contribution in [0.1, 0.15) is 18.5 Å². The zero-order valence-corrected chi connectivity index (χ0v) is 18.3. The Morgan fingerprint density at radius 1 is 1.00 bits per heavy atom. The van der Waals surface area contributed by atoms with Gasteiger partial charge in [-0.05, 0) is 43.7 Å². The first kappa shape index (κ1) is 22.0. The molecule has 3 aromatic rings. The molecule has 0 spiro atoms. The first-order valence-corrected chi connectivity index (χ1v) is 11.0. The number of fused-ring (bicyclic) bond motifs is 1. The summed E-state index contributed by atoms with van der Waals surface area (Å²) in [5.41, 5.74) is 0.447. The van der Waals surface area contributed by atoms with Crippen LogP contribution in [0.15, 0.2) is 41.3 Å². The molecule has 2 aromatic heterocycles. The molecule has 1 saturated heterocycles. The number of pyridine rings is 1. The maximum absolute atomic E-state index is 13.2. The predicted molar refractivity (Wildman–Crippen MR) is 118 cm³/mol. The number of aromatic nitrogens is 4. The molecular formula is C23H25F3N6O. The van der Waals surface area contributed by atoms with E-state index in [0.29, 0.717) is 28.6 Å². The van der Waals surface area contributed by atoms with Gasteiger partial charge in [-0.3, -0.25) is 9.78 Å². The molecule has 33 heavy (non-hydrogen) atoms. The highest BCUT2D eigenvalue weighted by Crippen LogP contribution is 2.47. The van der Waals surface area contributed by atoms with Gasteiger partial charge in [-0.15, -0.1) is 5.10 Å². The van der Waals surface area contributed by atoms with E-state index < -0.39 is 11.9 Å². The zero-order chi connectivity index (χ0) is 23.2. The number of benzene rings is 1. The normalized spacial score (nSPS) is 19.2. The Bertz CT molecular complexity index is 1210. The number of rotatable bonds is 5. The number of hydrogen-bond donors (Lipinski definition) is 0. The smallest absolute Gasteiger partial charge is 0.304 e. The van der Waals surface area contributed by atoms with Crippen molar-refractivity contribution in [2.24, 2.45) is 5.41 Å². The molecule has 10 heteroatoms. The lowest BCUT2D eigenvalue weighted by Gasteiger charge is -2.34. The van der Waals surface area contributed by atoms with Crippen molar-refractivity contribution < 1.29 is 13.2 Å². The number of hydrogen-bond acceptors (Lipinski definition) is 6. The van der Waals surface area contributed by atoms with Gasteiger partial charge in [-0.1, -0.05) is 17.3 Å². The van der Waals surface area contributed by atoms with Gasteiger partial charge in [0.1, 0.15) is 11.2 Å². The average molecular weight is 458 g/mol. The van der Waals surface area contributed by atoms with E-state index in [4.69, 9.17) is 0 Å². The molecule has 0 radical (unpaired) electrons. The van der Waals surface area contributed by atoms with Gasteiger partial charge in [-0.25, -0.2) is 4.68 Å². The van der Waals surface area contributed by atoms with Crippen LogP contribution < -0.4 is 5.56 Å². The fourth-order valence-electron chi connectivity index (χ4n) is 4.43. The Morgan fingerprint density at radius 2 is 1.73 bits per heavy atom. The summed E-state index contributed by atoms with van der Waals surface area (Å²) >= 11 is 0. The van der Waals surface area contributed by atoms with E-state index in [-0.39, 0.29) is 11.0 Å². The Kier molecular flexibility index (Phi) is 5.44. The Balaban J connectivity index is 1.39. The van der Waals surface area contributed by atoms with E-state index in [1.807, 2.05) is 0 Å². The first-order chi connectivity index (χ1) is 15.7. The maximum Gasteiger partial charge on any atom is 0.433 e. The summed E-state index contributed by atoms with van der Waals surface area (Å²) in [6.45, 7) is 5.63. The number of likely N-dealkylation sites (N-methyl/N-ethyl adjacent to an activating group) is 1. The lowest BCUT2D eigenvalue weighted by Crippen LogP contribution is -2.47. The third-order valence-electron chi connectivity index (χ3n) is 6.71. The topological polar surface area (TPSA) is 67.2 Å². The highest BCUT2D eigenvalue weighted by molar-refractivity contribution is 5.83. The molecule has 1 aliphatic heterocycles. The third-order valence-corrected chi connectivity index (χ3v) is 6.71. The molecule has 2 fully saturated rings. The minimum atomic E-state index is -4.49. The van der Waals surface area contributed by atoms with Crippen LogP contribution in [0.25, 0.3) is 22.0 Å². The molecule has 3 heterocycles. The Hall–Kier alpha value is -2.85. The summed E-state index contributed by atoms with van der Waals surface area (Å²) in [6.07, 6.45) is -1.20. The van der Waals surface area contributed by atoms with Crippen LogP contribution >= 0.6 is 0 Å². The standard InChI is InChI=1S/C23H25F3N6O/c1-30-8-10-31(11-9-30)14-22(6-7-22)15-32-21(33)18-12-16(2-4-19(18)28-29-32)17-3-5-20(27-13-17)23(24,25)26/h2-5,12-13H,6-11,14-15H2,1H3. The van der Waals surface area contributed by atoms with Crippen molar-refractivity contribution in [3.63, 3.8) is 0 Å². The maximum atomic E-state index is 13.2. The fraction of sp³-hybridized carbons (Fsp3) is 0.478. The monoisotopic (exact) mass is 458 g/mol. The highest BCUT2D eigenvalue weighted by Gasteiger charge is 2.45. The summed E-state index contributed by atoms with van der Waals surface area (Å²) in [5, 5.41) is 8.79. The van der Waals surface area contributed by atoms with Gasteiger partial charge in [0, 0.05) is 49.9 Å². The van der Waals surface area contributed by atoms with Crippen molar-refractivity contribution in [1.29, 1.82) is 0 Å². The summed E-state index contributed by atoms with van der Waals surface area (Å²) in [4.78, 5) is 21.5. The second-order valence-electron chi connectivity index (χ2n) is 9.29. The van der Waals surface area contributed by atoms with E-state index in [9.17, 15) is 18.0 Å². The van der Waals surface area contributed by atoms with Gasteiger partial charge in [-0.2, -0.15) is 13.2 Å². The summed E-state index contributed by atoms with van der Waals surface area (Å²) in [7, 11) is 2.13. The molecule has 0 atom stereocenters. The number of alkyl halides is 3. The van der Waals surface area contributed by atoms with Crippen molar-refractivity contribution in [3.8, 4) is 11.1 Å². The average Bonchev–Trinajstić information content (AvgIpc) is 3.56. The molecule has 1 aromatic carbocycles. The SMILES string of the molecule is CN1CCN(CC2(Cn3nnc4ccc(-c5ccc(C(F)(F)F)nc5)cc4c3=O)CC2)CC1. The molecular weight excluding hydrogens is 433 g/mol. The van der Waals surface area contributed by atoms with Crippen LogP contribution in [-0.4, -0.2) is 69.5 Å². The minimum absolute atomic E-state index is 0.0526. The molecule has 5 rings (SSSR count). The first-order valence-electron chi connectivity index (χ1n) is 11.0. The second kappa shape index (κ2) is 8.18. The van der Waals surface area contributed by atoms with E-state index in [2.05, 4.69) is 32.1 Å². The van der Waals surface area contributed by atoms with Crippen LogP contribution in [0, 0.1) is 5.41 Å². The van der Waals surface area contributed by atoms with Crippen molar-refractivity contribution in [1.82, 2.24) is 29.8 Å². The van der Waals surface area contributed by atoms with Gasteiger partial charge >= 0.3 is 6.18 Å². The largest absolute Gasteiger partial charge is 0.433 e. The van der Waals surface area contributed by atoms with E-state index >= 15 is 0 Å². The molecule has 1 saturated carbocycles. The quantitative estimate of drug-likeness (QED) is 0.586. The summed E-state index contributed by atoms with van der Waals surface area (Å²) in [5.74, 6) is 0. The fourth-order valence-corrected chi connectivity index (χ4v) is 4.43. The van der Waals surface area contributed by atoms with Crippen LogP contribution in [-0.2, 0) is 12.7 Å². The van der Waals surface area contributed by atoms with Gasteiger partial charge in [0.05, 0.1) is 11.9 Å². The number of nitrogens with zero attached hydrogens (tertiary/aromatic N) is 6. The Labute approximate surface area is 188 Å². The van der Waals surface area contributed by atoms with Crippen molar-refractivity contribution >= 4 is 10.9 Å². The van der Waals surface area contributed by atoms with Gasteiger partial charge in [0.2, 0.25) is 0 Å². The van der Waals surface area contributed by atoms with Gasteiger partial charge in [0.25, 0.3) is 5.56 Å². The van der Waals surface area contributed by atoms with E-state index in [0.717, 1.165) is 51.6 Å². The lowest BCUT2D eigenvalue weighted by molar-refractivity contribution is -0.141. The Morgan fingerprint density at radius 3 is 2.36 bits per heavy atom. The highest BCUT2D eigenvalue weighted by atomic mass is 19.4. The summed E-state index contributed by atoms with van der Waals surface area (Å²) < 4.78 is 39.9. The van der Waals surface area contributed by atoms with E-state index in [1.54, 1.807) is 18.2 Å². The molecule has 0 bridgehead atoms. The van der Waals surface area contributed by atoms with Gasteiger partial charge < -0.3 is 9.80 Å². The predicted octanol–water partition coefficient (Wildman–Crippen LogP) is 2.90. The van der Waals surface area contributed by atoms with Crippen LogP contribution in [0.5, 0.6) is 0 Å². The van der Waals surface area contributed by atoms with E-state index in [1.165, 1.54) is 16.9 Å². The zero-order valence-electron chi connectivity index (χ0n) is 18.3. The van der Waals surface area contributed by atoms with Crippen LogP contribution in [0.4, 0.5) is 13.2 Å². The van der Waals surface area contributed by atoms with Crippen molar-refractivity contribution in [2.45, 2.75) is 25.6 Å². The number of piperazine rings is 1. The van der Waals surface area contributed by atoms with Crippen LogP contribution in [0.3, 0.4) is 0 Å². The number of halogens is 3. The van der Waals surface area contributed by atoms with Gasteiger partial charge in [0.15, 0.2) is 0 Å². The molecule has 0 N–H and O–H groups in total. The minimum Gasteiger partial charge on any atom is -0.304 e. The molecule has 2 aliphatic rings. The lowest BCUT2D eigenvalue weighted by atomic mass is 10.0. The molecule has 0 unspecified atom stereocenters.